The third kappa shape index (κ3) is 2.27. The molecule has 0 aliphatic heterocycles. The zero-order valence-corrected chi connectivity index (χ0v) is 12.2. The molecule has 0 bridgehead atoms. The van der Waals surface area contributed by atoms with Gasteiger partial charge in [0.2, 0.25) is 0 Å². The minimum absolute atomic E-state index is 0.252. The molecule has 2 heterocycles. The number of halogens is 1. The smallest absolute Gasteiger partial charge is 0.142 e. The van der Waals surface area contributed by atoms with Crippen molar-refractivity contribution in [2.24, 2.45) is 0 Å². The van der Waals surface area contributed by atoms with E-state index >= 15 is 0 Å². The van der Waals surface area contributed by atoms with Gasteiger partial charge in [-0.25, -0.2) is 14.4 Å². The van der Waals surface area contributed by atoms with E-state index in [0.29, 0.717) is 5.69 Å². The fourth-order valence-corrected chi connectivity index (χ4v) is 4.12. The van der Waals surface area contributed by atoms with Gasteiger partial charge in [-0.2, -0.15) is 0 Å². The summed E-state index contributed by atoms with van der Waals surface area (Å²) in [5, 5.41) is 4.35. The maximum absolute atomic E-state index is 13.3. The Labute approximate surface area is 125 Å². The van der Waals surface area contributed by atoms with E-state index in [1.807, 2.05) is 6.07 Å². The molecule has 0 radical (unpaired) electrons. The van der Waals surface area contributed by atoms with Crippen molar-refractivity contribution in [3.63, 3.8) is 0 Å². The number of thiophene rings is 1. The average Bonchev–Trinajstić information content (AvgIpc) is 2.87. The van der Waals surface area contributed by atoms with Crippen molar-refractivity contribution in [2.45, 2.75) is 25.7 Å². The zero-order valence-electron chi connectivity index (χ0n) is 11.4. The minimum atomic E-state index is -0.252. The first-order chi connectivity index (χ1) is 10.3. The highest BCUT2D eigenvalue weighted by Crippen LogP contribution is 2.38. The summed E-state index contributed by atoms with van der Waals surface area (Å²) in [5.41, 5.74) is 2.09. The second kappa shape index (κ2) is 5.07. The Morgan fingerprint density at radius 3 is 2.95 bits per heavy atom. The van der Waals surface area contributed by atoms with Crippen molar-refractivity contribution in [1.82, 2.24) is 9.97 Å². The van der Waals surface area contributed by atoms with Crippen LogP contribution in [0.15, 0.2) is 30.6 Å². The Morgan fingerprint density at radius 1 is 1.14 bits per heavy atom. The number of nitrogens with zero attached hydrogens (tertiary/aromatic N) is 2. The summed E-state index contributed by atoms with van der Waals surface area (Å²) >= 11 is 1.76. The molecule has 0 spiro atoms. The highest BCUT2D eigenvalue weighted by Gasteiger charge is 2.19. The van der Waals surface area contributed by atoms with Gasteiger partial charge >= 0.3 is 0 Å². The molecule has 0 saturated heterocycles. The number of fused-ring (bicyclic) bond motifs is 3. The molecule has 0 atom stereocenters. The number of rotatable bonds is 2. The van der Waals surface area contributed by atoms with E-state index in [4.69, 9.17) is 0 Å². The van der Waals surface area contributed by atoms with Gasteiger partial charge in [0.25, 0.3) is 0 Å². The highest BCUT2D eigenvalue weighted by atomic mass is 32.1. The Balaban J connectivity index is 1.83. The van der Waals surface area contributed by atoms with Gasteiger partial charge in [0.1, 0.15) is 22.8 Å². The summed E-state index contributed by atoms with van der Waals surface area (Å²) in [7, 11) is 0. The topological polar surface area (TPSA) is 37.8 Å². The maximum atomic E-state index is 13.3. The van der Waals surface area contributed by atoms with Crippen LogP contribution in [0, 0.1) is 5.82 Å². The summed E-state index contributed by atoms with van der Waals surface area (Å²) in [6.45, 7) is 0. The second-order valence-corrected chi connectivity index (χ2v) is 6.33. The Morgan fingerprint density at radius 2 is 2.05 bits per heavy atom. The maximum Gasteiger partial charge on any atom is 0.142 e. The van der Waals surface area contributed by atoms with E-state index in [1.165, 1.54) is 35.4 Å². The van der Waals surface area contributed by atoms with Crippen LogP contribution in [-0.4, -0.2) is 9.97 Å². The molecular formula is C16H14FN3S. The number of hydrogen-bond donors (Lipinski definition) is 1. The molecule has 0 unspecified atom stereocenters. The van der Waals surface area contributed by atoms with Gasteiger partial charge in [-0.15, -0.1) is 11.3 Å². The highest BCUT2D eigenvalue weighted by molar-refractivity contribution is 7.19. The lowest BCUT2D eigenvalue weighted by atomic mass is 9.97. The summed E-state index contributed by atoms with van der Waals surface area (Å²) in [5.74, 6) is 0.530. The third-order valence-electron chi connectivity index (χ3n) is 3.84. The SMILES string of the molecule is Fc1cccc(Nc2ncnc3sc4c(c23)CCCC4)c1. The lowest BCUT2D eigenvalue weighted by Gasteiger charge is -2.12. The van der Waals surface area contributed by atoms with Crippen LogP contribution in [-0.2, 0) is 12.8 Å². The van der Waals surface area contributed by atoms with Crippen molar-refractivity contribution in [3.8, 4) is 0 Å². The lowest BCUT2D eigenvalue weighted by molar-refractivity contribution is 0.628. The number of aryl methyl sites for hydroxylation is 2. The minimum Gasteiger partial charge on any atom is -0.339 e. The van der Waals surface area contributed by atoms with Crippen LogP contribution >= 0.6 is 11.3 Å². The van der Waals surface area contributed by atoms with E-state index in [1.54, 1.807) is 23.7 Å². The van der Waals surface area contributed by atoms with Crippen molar-refractivity contribution >= 4 is 33.1 Å². The standard InChI is InChI=1S/C16H14FN3S/c17-10-4-3-5-11(8-10)20-15-14-12-6-1-2-7-13(12)21-16(14)19-9-18-15/h3-5,8-9H,1-2,6-7H2,(H,18,19,20). The van der Waals surface area contributed by atoms with E-state index in [9.17, 15) is 4.39 Å². The Bertz CT molecular complexity index is 812. The predicted molar refractivity (Wildman–Crippen MR) is 83.7 cm³/mol. The third-order valence-corrected chi connectivity index (χ3v) is 5.04. The molecule has 1 aliphatic rings. The van der Waals surface area contributed by atoms with Gasteiger partial charge in [-0.3, -0.25) is 0 Å². The number of anilines is 2. The average molecular weight is 299 g/mol. The molecule has 5 heteroatoms. The number of hydrogen-bond acceptors (Lipinski definition) is 4. The van der Waals surface area contributed by atoms with Crippen molar-refractivity contribution < 1.29 is 4.39 Å². The molecule has 3 aromatic rings. The molecule has 2 aromatic heterocycles. The fraction of sp³-hybridized carbons (Fsp3) is 0.250. The molecule has 106 valence electrons. The quantitative estimate of drug-likeness (QED) is 0.759. The summed E-state index contributed by atoms with van der Waals surface area (Å²) in [6.07, 6.45) is 6.26. The fourth-order valence-electron chi connectivity index (χ4n) is 2.89. The Hall–Kier alpha value is -2.01. The molecule has 1 N–H and O–H groups in total. The molecular weight excluding hydrogens is 285 g/mol. The van der Waals surface area contributed by atoms with E-state index in [2.05, 4.69) is 15.3 Å². The predicted octanol–water partition coefficient (Wildman–Crippen LogP) is 4.45. The normalized spacial score (nSPS) is 14.1. The largest absolute Gasteiger partial charge is 0.339 e. The van der Waals surface area contributed by atoms with Gasteiger partial charge in [0.05, 0.1) is 5.39 Å². The second-order valence-electron chi connectivity index (χ2n) is 5.25. The van der Waals surface area contributed by atoms with E-state index in [0.717, 1.165) is 28.9 Å². The monoisotopic (exact) mass is 299 g/mol. The van der Waals surface area contributed by atoms with Crippen molar-refractivity contribution in [1.29, 1.82) is 0 Å². The molecule has 0 fully saturated rings. The first-order valence-electron chi connectivity index (χ1n) is 7.09. The van der Waals surface area contributed by atoms with E-state index < -0.39 is 0 Å². The number of aromatic nitrogens is 2. The summed E-state index contributed by atoms with van der Waals surface area (Å²) in [6, 6.07) is 6.45. The summed E-state index contributed by atoms with van der Waals surface area (Å²) in [4.78, 5) is 11.2. The zero-order chi connectivity index (χ0) is 14.2. The van der Waals surface area contributed by atoms with Crippen LogP contribution in [0.1, 0.15) is 23.3 Å². The lowest BCUT2D eigenvalue weighted by Crippen LogP contribution is -2.01. The molecule has 3 nitrogen and oxygen atoms in total. The van der Waals surface area contributed by atoms with Crippen LogP contribution < -0.4 is 5.32 Å². The molecule has 0 amide bonds. The first kappa shape index (κ1) is 12.7. The van der Waals surface area contributed by atoms with Crippen LogP contribution in [0.3, 0.4) is 0 Å². The van der Waals surface area contributed by atoms with Gasteiger partial charge < -0.3 is 5.32 Å². The van der Waals surface area contributed by atoms with Crippen LogP contribution in [0.5, 0.6) is 0 Å². The van der Waals surface area contributed by atoms with Gasteiger partial charge in [0, 0.05) is 10.6 Å². The molecule has 1 aliphatic carbocycles. The van der Waals surface area contributed by atoms with Crippen LogP contribution in [0.2, 0.25) is 0 Å². The molecule has 21 heavy (non-hydrogen) atoms. The number of benzene rings is 1. The molecule has 4 rings (SSSR count). The van der Waals surface area contributed by atoms with Crippen LogP contribution in [0.4, 0.5) is 15.9 Å². The Kier molecular flexibility index (Phi) is 3.07. The van der Waals surface area contributed by atoms with Crippen molar-refractivity contribution in [3.05, 3.63) is 46.9 Å². The van der Waals surface area contributed by atoms with Crippen molar-refractivity contribution in [2.75, 3.05) is 5.32 Å². The van der Waals surface area contributed by atoms with Gasteiger partial charge in [0.15, 0.2) is 0 Å². The van der Waals surface area contributed by atoms with E-state index in [-0.39, 0.29) is 5.82 Å². The molecule has 1 aromatic carbocycles. The van der Waals surface area contributed by atoms with Gasteiger partial charge in [-0.1, -0.05) is 6.07 Å². The number of nitrogens with one attached hydrogen (secondary N) is 1. The first-order valence-corrected chi connectivity index (χ1v) is 7.91. The van der Waals surface area contributed by atoms with Crippen LogP contribution in [0.25, 0.3) is 10.2 Å². The molecule has 0 saturated carbocycles. The van der Waals surface area contributed by atoms with Gasteiger partial charge in [-0.05, 0) is 49.4 Å². The summed E-state index contributed by atoms with van der Waals surface area (Å²) < 4.78 is 13.3.